The fourth-order valence-electron chi connectivity index (χ4n) is 0.691. The predicted molar refractivity (Wildman–Crippen MR) is 46.2 cm³/mol. The summed E-state index contributed by atoms with van der Waals surface area (Å²) in [5, 5.41) is 6.55. The van der Waals surface area contributed by atoms with Crippen molar-refractivity contribution >= 4 is 0 Å². The fourth-order valence-corrected chi connectivity index (χ4v) is 0.691. The van der Waals surface area contributed by atoms with Crippen molar-refractivity contribution in [2.45, 2.75) is 26.8 Å². The molecule has 1 atom stereocenters. The van der Waals surface area contributed by atoms with Crippen LogP contribution in [-0.4, -0.2) is 26.2 Å². The lowest BCUT2D eigenvalue weighted by Gasteiger charge is -2.12. The van der Waals surface area contributed by atoms with Crippen molar-refractivity contribution in [3.8, 4) is 0 Å². The zero-order valence-corrected chi connectivity index (χ0v) is 7.57. The van der Waals surface area contributed by atoms with Gasteiger partial charge in [0.15, 0.2) is 0 Å². The summed E-state index contributed by atoms with van der Waals surface area (Å²) in [6, 6.07) is 0.582. The van der Waals surface area contributed by atoms with Crippen LogP contribution < -0.4 is 10.6 Å². The van der Waals surface area contributed by atoms with Gasteiger partial charge in [-0.1, -0.05) is 13.8 Å². The average Bonchev–Trinajstić information content (AvgIpc) is 1.87. The molecule has 0 radical (unpaired) electrons. The van der Waals surface area contributed by atoms with Crippen LogP contribution in [0.1, 0.15) is 20.8 Å². The molecule has 2 nitrogen and oxygen atoms in total. The normalized spacial score (nSPS) is 14.1. The number of nitrogens with one attached hydrogen (secondary N) is 2. The zero-order chi connectivity index (χ0) is 7.98. The van der Waals surface area contributed by atoms with Crippen LogP contribution in [0, 0.1) is 5.92 Å². The van der Waals surface area contributed by atoms with Crippen molar-refractivity contribution < 1.29 is 0 Å². The lowest BCUT2D eigenvalue weighted by atomic mass is 10.2. The summed E-state index contributed by atoms with van der Waals surface area (Å²) < 4.78 is 0. The molecule has 0 aliphatic carbocycles. The Hall–Kier alpha value is -0.0800. The van der Waals surface area contributed by atoms with E-state index in [2.05, 4.69) is 31.4 Å². The number of rotatable bonds is 5. The molecule has 2 N–H and O–H groups in total. The highest BCUT2D eigenvalue weighted by Crippen LogP contribution is 1.86. The van der Waals surface area contributed by atoms with Crippen molar-refractivity contribution in [2.24, 2.45) is 5.92 Å². The van der Waals surface area contributed by atoms with Gasteiger partial charge in [-0.15, -0.1) is 0 Å². The first kappa shape index (κ1) is 9.92. The van der Waals surface area contributed by atoms with Crippen LogP contribution in [0.2, 0.25) is 0 Å². The first-order valence-electron chi connectivity index (χ1n) is 4.04. The van der Waals surface area contributed by atoms with Crippen molar-refractivity contribution in [3.63, 3.8) is 0 Å². The third-order valence-electron chi connectivity index (χ3n) is 1.50. The predicted octanol–water partition coefficient (Wildman–Crippen LogP) is 0.840. The standard InChI is InChI=1S/C8H20N2/c1-7(2)5-10-6-8(3)9-4/h7-10H,5-6H2,1-4H3/t8-/m0/s1. The summed E-state index contributed by atoms with van der Waals surface area (Å²) in [4.78, 5) is 0. The Morgan fingerprint density at radius 1 is 1.10 bits per heavy atom. The fraction of sp³-hybridized carbons (Fsp3) is 1.00. The smallest absolute Gasteiger partial charge is 0.0161 e. The number of hydrogen-bond donors (Lipinski definition) is 2. The second kappa shape index (κ2) is 5.69. The molecule has 0 heterocycles. The molecule has 2 heteroatoms. The molecule has 0 spiro atoms. The molecule has 0 aromatic heterocycles. The van der Waals surface area contributed by atoms with Gasteiger partial charge in [0, 0.05) is 12.6 Å². The van der Waals surface area contributed by atoms with E-state index >= 15 is 0 Å². The molecule has 10 heavy (non-hydrogen) atoms. The molecule has 0 bridgehead atoms. The van der Waals surface area contributed by atoms with E-state index < -0.39 is 0 Å². The van der Waals surface area contributed by atoms with Gasteiger partial charge in [-0.25, -0.2) is 0 Å². The second-order valence-corrected chi connectivity index (χ2v) is 3.24. The molecule has 62 valence electrons. The molecule has 0 aromatic rings. The largest absolute Gasteiger partial charge is 0.316 e. The van der Waals surface area contributed by atoms with Gasteiger partial charge in [-0.3, -0.25) is 0 Å². The Morgan fingerprint density at radius 3 is 2.10 bits per heavy atom. The quantitative estimate of drug-likeness (QED) is 0.597. The van der Waals surface area contributed by atoms with Crippen LogP contribution in [0.3, 0.4) is 0 Å². The summed E-state index contributed by atoms with van der Waals surface area (Å²) in [5.41, 5.74) is 0. The van der Waals surface area contributed by atoms with Gasteiger partial charge in [0.1, 0.15) is 0 Å². The Bertz CT molecular complexity index is 71.7. The zero-order valence-electron chi connectivity index (χ0n) is 7.57. The van der Waals surface area contributed by atoms with Crippen LogP contribution in [-0.2, 0) is 0 Å². The maximum Gasteiger partial charge on any atom is 0.0161 e. The Kier molecular flexibility index (Phi) is 5.64. The first-order chi connectivity index (χ1) is 4.66. The summed E-state index contributed by atoms with van der Waals surface area (Å²) in [6.45, 7) is 8.79. The first-order valence-corrected chi connectivity index (χ1v) is 4.04. The van der Waals surface area contributed by atoms with Gasteiger partial charge in [0.25, 0.3) is 0 Å². The topological polar surface area (TPSA) is 24.1 Å². The summed E-state index contributed by atoms with van der Waals surface area (Å²) >= 11 is 0. The molecule has 0 rings (SSSR count). The summed E-state index contributed by atoms with van der Waals surface area (Å²) in [6.07, 6.45) is 0. The van der Waals surface area contributed by atoms with E-state index in [1.54, 1.807) is 0 Å². The van der Waals surface area contributed by atoms with Crippen LogP contribution in [0.15, 0.2) is 0 Å². The second-order valence-electron chi connectivity index (χ2n) is 3.24. The highest BCUT2D eigenvalue weighted by Gasteiger charge is 1.96. The number of likely N-dealkylation sites (N-methyl/N-ethyl adjacent to an activating group) is 1. The van der Waals surface area contributed by atoms with E-state index in [-0.39, 0.29) is 0 Å². The lowest BCUT2D eigenvalue weighted by Crippen LogP contribution is -2.35. The van der Waals surface area contributed by atoms with Crippen LogP contribution in [0.25, 0.3) is 0 Å². The van der Waals surface area contributed by atoms with E-state index in [0.717, 1.165) is 19.0 Å². The van der Waals surface area contributed by atoms with Gasteiger partial charge in [0.05, 0.1) is 0 Å². The van der Waals surface area contributed by atoms with Gasteiger partial charge >= 0.3 is 0 Å². The highest BCUT2D eigenvalue weighted by molar-refractivity contribution is 4.61. The van der Waals surface area contributed by atoms with E-state index in [1.807, 2.05) is 7.05 Å². The molecule has 0 amide bonds. The molecule has 0 fully saturated rings. The number of hydrogen-bond acceptors (Lipinski definition) is 2. The van der Waals surface area contributed by atoms with Crippen molar-refractivity contribution in [1.82, 2.24) is 10.6 Å². The van der Waals surface area contributed by atoms with E-state index in [4.69, 9.17) is 0 Å². The van der Waals surface area contributed by atoms with Crippen molar-refractivity contribution in [2.75, 3.05) is 20.1 Å². The SMILES string of the molecule is CN[C@@H](C)CNCC(C)C. The minimum Gasteiger partial charge on any atom is -0.316 e. The average molecular weight is 144 g/mol. The Labute approximate surface area is 64.4 Å². The maximum absolute atomic E-state index is 3.37. The minimum atomic E-state index is 0.582. The Balaban J connectivity index is 3.03. The third-order valence-corrected chi connectivity index (χ3v) is 1.50. The Morgan fingerprint density at radius 2 is 1.70 bits per heavy atom. The van der Waals surface area contributed by atoms with Gasteiger partial charge in [-0.05, 0) is 26.4 Å². The lowest BCUT2D eigenvalue weighted by molar-refractivity contribution is 0.495. The monoisotopic (exact) mass is 144 g/mol. The summed E-state index contributed by atoms with van der Waals surface area (Å²) in [7, 11) is 1.99. The third kappa shape index (κ3) is 6.05. The van der Waals surface area contributed by atoms with Gasteiger partial charge in [0.2, 0.25) is 0 Å². The molecule has 0 saturated carbocycles. The van der Waals surface area contributed by atoms with E-state index in [9.17, 15) is 0 Å². The molecule has 0 saturated heterocycles. The highest BCUT2D eigenvalue weighted by atomic mass is 15.0. The van der Waals surface area contributed by atoms with Gasteiger partial charge < -0.3 is 10.6 Å². The van der Waals surface area contributed by atoms with E-state index in [0.29, 0.717) is 6.04 Å². The van der Waals surface area contributed by atoms with Crippen molar-refractivity contribution in [1.29, 1.82) is 0 Å². The van der Waals surface area contributed by atoms with Crippen molar-refractivity contribution in [3.05, 3.63) is 0 Å². The maximum atomic E-state index is 3.37. The molecular formula is C8H20N2. The van der Waals surface area contributed by atoms with E-state index in [1.165, 1.54) is 0 Å². The van der Waals surface area contributed by atoms with Crippen LogP contribution in [0.5, 0.6) is 0 Å². The minimum absolute atomic E-state index is 0.582. The summed E-state index contributed by atoms with van der Waals surface area (Å²) in [5.74, 6) is 0.754. The molecular weight excluding hydrogens is 124 g/mol. The molecule has 0 aliphatic rings. The van der Waals surface area contributed by atoms with Crippen LogP contribution >= 0.6 is 0 Å². The molecule has 0 aliphatic heterocycles. The molecule has 0 unspecified atom stereocenters. The molecule has 0 aromatic carbocycles. The van der Waals surface area contributed by atoms with Crippen LogP contribution in [0.4, 0.5) is 0 Å². The van der Waals surface area contributed by atoms with Gasteiger partial charge in [-0.2, -0.15) is 0 Å².